The number of hydrogen-bond donors (Lipinski definition) is 2. The van der Waals surface area contributed by atoms with Gasteiger partial charge in [0.05, 0.1) is 11.9 Å². The molecule has 1 saturated heterocycles. The number of H-pyrrole nitrogens is 1. The van der Waals surface area contributed by atoms with Crippen LogP contribution < -0.4 is 10.2 Å². The van der Waals surface area contributed by atoms with Crippen LogP contribution in [0.25, 0.3) is 11.4 Å². The number of amides is 1. The molecule has 0 unspecified atom stereocenters. The fourth-order valence-corrected chi connectivity index (χ4v) is 3.79. The van der Waals surface area contributed by atoms with E-state index in [1.54, 1.807) is 0 Å². The van der Waals surface area contributed by atoms with Gasteiger partial charge in [0.2, 0.25) is 5.91 Å². The van der Waals surface area contributed by atoms with Gasteiger partial charge < -0.3 is 10.2 Å². The second-order valence-electron chi connectivity index (χ2n) is 7.27. The van der Waals surface area contributed by atoms with Crippen molar-refractivity contribution < 1.29 is 4.79 Å². The maximum atomic E-state index is 12.4. The van der Waals surface area contributed by atoms with E-state index >= 15 is 0 Å². The minimum Gasteiger partial charge on any atom is -0.370 e. The Hall–Kier alpha value is -3.00. The van der Waals surface area contributed by atoms with Crippen LogP contribution in [0.5, 0.6) is 0 Å². The number of carbonyl (C=O) groups excluding carboxylic acids is 1. The number of pyridine rings is 1. The average molecular weight is 409 g/mol. The number of rotatable bonds is 6. The fourth-order valence-electron chi connectivity index (χ4n) is 3.57. The van der Waals surface area contributed by atoms with Gasteiger partial charge in [-0.25, -0.2) is 4.98 Å². The zero-order chi connectivity index (χ0) is 20.2. The maximum Gasteiger partial charge on any atom is 0.227 e. The van der Waals surface area contributed by atoms with Gasteiger partial charge in [-0.2, -0.15) is 5.10 Å². The highest BCUT2D eigenvalue weighted by Crippen LogP contribution is 2.21. The third-order valence-corrected chi connectivity index (χ3v) is 5.40. The van der Waals surface area contributed by atoms with Gasteiger partial charge >= 0.3 is 0 Å². The molecule has 1 aliphatic rings. The molecule has 0 atom stereocenters. The third-order valence-electron chi connectivity index (χ3n) is 5.08. The van der Waals surface area contributed by atoms with Crippen molar-refractivity contribution >= 4 is 29.6 Å². The number of anilines is 2. The minimum absolute atomic E-state index is 0.107. The maximum absolute atomic E-state index is 12.4. The summed E-state index contributed by atoms with van der Waals surface area (Å²) in [5, 5.41) is 10.0. The lowest BCUT2D eigenvalue weighted by atomic mass is 10.1. The van der Waals surface area contributed by atoms with E-state index in [4.69, 9.17) is 12.2 Å². The van der Waals surface area contributed by atoms with Crippen molar-refractivity contribution in [1.82, 2.24) is 19.7 Å². The van der Waals surface area contributed by atoms with Crippen LogP contribution in [-0.4, -0.2) is 38.7 Å². The first-order chi connectivity index (χ1) is 14.1. The van der Waals surface area contributed by atoms with Gasteiger partial charge in [0, 0.05) is 31.6 Å². The van der Waals surface area contributed by atoms with E-state index in [2.05, 4.69) is 25.4 Å². The molecule has 0 saturated carbocycles. The lowest BCUT2D eigenvalue weighted by molar-refractivity contribution is -0.116. The van der Waals surface area contributed by atoms with Crippen LogP contribution in [0, 0.1) is 11.7 Å². The third kappa shape index (κ3) is 4.54. The molecular formula is C21H24N6OS. The molecule has 2 aromatic heterocycles. The normalized spacial score (nSPS) is 13.6. The van der Waals surface area contributed by atoms with Crippen LogP contribution in [0.15, 0.2) is 42.6 Å². The predicted octanol–water partition coefficient (Wildman–Crippen LogP) is 3.94. The number of hydrogen-bond acceptors (Lipinski definition) is 5. The van der Waals surface area contributed by atoms with Gasteiger partial charge in [0.1, 0.15) is 5.82 Å². The van der Waals surface area contributed by atoms with Crippen molar-refractivity contribution in [2.75, 3.05) is 23.3 Å². The Morgan fingerprint density at radius 2 is 2.07 bits per heavy atom. The van der Waals surface area contributed by atoms with E-state index in [0.717, 1.165) is 35.7 Å². The van der Waals surface area contributed by atoms with Crippen LogP contribution in [-0.2, 0) is 11.3 Å². The zero-order valence-electron chi connectivity index (χ0n) is 16.4. The molecule has 29 heavy (non-hydrogen) atoms. The van der Waals surface area contributed by atoms with Crippen molar-refractivity contribution in [3.05, 3.63) is 52.9 Å². The summed E-state index contributed by atoms with van der Waals surface area (Å²) in [6, 6.07) is 11.9. The molecule has 2 N–H and O–H groups in total. The average Bonchev–Trinajstić information content (AvgIpc) is 3.37. The first kappa shape index (κ1) is 19.3. The molecule has 0 aliphatic carbocycles. The molecule has 1 aromatic carbocycles. The topological polar surface area (TPSA) is 78.8 Å². The van der Waals surface area contributed by atoms with Crippen LogP contribution >= 0.6 is 12.2 Å². The SMILES string of the molecule is Cc1cccc(-c2n[nH]c(=S)n2CCC(=O)Nc2ccc(N3CCCC3)cn2)c1. The predicted molar refractivity (Wildman–Crippen MR) is 117 cm³/mol. The van der Waals surface area contributed by atoms with Gasteiger partial charge in [0.15, 0.2) is 10.6 Å². The Labute approximate surface area is 174 Å². The molecule has 1 aliphatic heterocycles. The molecule has 150 valence electrons. The molecule has 0 spiro atoms. The molecule has 0 bridgehead atoms. The number of carbonyl (C=O) groups is 1. The highest BCUT2D eigenvalue weighted by atomic mass is 32.1. The summed E-state index contributed by atoms with van der Waals surface area (Å²) < 4.78 is 2.36. The van der Waals surface area contributed by atoms with Crippen molar-refractivity contribution in [2.24, 2.45) is 0 Å². The molecule has 3 heterocycles. The number of aromatic nitrogens is 4. The Balaban J connectivity index is 1.39. The van der Waals surface area contributed by atoms with Gasteiger partial charge in [-0.1, -0.05) is 23.8 Å². The Morgan fingerprint density at radius 1 is 1.24 bits per heavy atom. The van der Waals surface area contributed by atoms with Gasteiger partial charge in [-0.3, -0.25) is 14.5 Å². The molecule has 1 fully saturated rings. The van der Waals surface area contributed by atoms with E-state index in [1.807, 2.05) is 54.1 Å². The highest BCUT2D eigenvalue weighted by Gasteiger charge is 2.14. The summed E-state index contributed by atoms with van der Waals surface area (Å²) in [4.78, 5) is 19.1. The van der Waals surface area contributed by atoms with Gasteiger partial charge in [0.25, 0.3) is 0 Å². The molecule has 8 heteroatoms. The molecule has 7 nitrogen and oxygen atoms in total. The van der Waals surface area contributed by atoms with Crippen molar-refractivity contribution in [3.8, 4) is 11.4 Å². The fraction of sp³-hybridized carbons (Fsp3) is 0.333. The summed E-state index contributed by atoms with van der Waals surface area (Å²) >= 11 is 5.35. The number of aryl methyl sites for hydroxylation is 1. The standard InChI is InChI=1S/C21H24N6OS/c1-15-5-4-6-16(13-15)20-24-25-21(29)27(20)12-9-19(28)23-18-8-7-17(14-22-18)26-10-2-3-11-26/h4-8,13-14H,2-3,9-12H2,1H3,(H,25,29)(H,22,23,28). The van der Waals surface area contributed by atoms with E-state index in [9.17, 15) is 4.79 Å². The lowest BCUT2D eigenvalue weighted by Gasteiger charge is -2.17. The number of nitrogens with one attached hydrogen (secondary N) is 2. The summed E-state index contributed by atoms with van der Waals surface area (Å²) in [5.74, 6) is 1.19. The molecule has 4 rings (SSSR count). The van der Waals surface area contributed by atoms with E-state index in [-0.39, 0.29) is 12.3 Å². The summed E-state index contributed by atoms with van der Waals surface area (Å²) in [5.41, 5.74) is 3.22. The first-order valence-electron chi connectivity index (χ1n) is 9.83. The number of nitrogens with zero attached hydrogens (tertiary/aromatic N) is 4. The Bertz CT molecular complexity index is 1050. The molecule has 1 amide bonds. The monoisotopic (exact) mass is 408 g/mol. The van der Waals surface area contributed by atoms with Gasteiger partial charge in [-0.15, -0.1) is 0 Å². The van der Waals surface area contributed by atoms with E-state index in [0.29, 0.717) is 17.1 Å². The number of benzene rings is 1. The van der Waals surface area contributed by atoms with Crippen molar-refractivity contribution in [3.63, 3.8) is 0 Å². The van der Waals surface area contributed by atoms with Crippen LogP contribution in [0.3, 0.4) is 0 Å². The largest absolute Gasteiger partial charge is 0.370 e. The summed E-state index contributed by atoms with van der Waals surface area (Å²) in [7, 11) is 0. The summed E-state index contributed by atoms with van der Waals surface area (Å²) in [6.07, 6.45) is 4.55. The highest BCUT2D eigenvalue weighted by molar-refractivity contribution is 7.71. The quantitative estimate of drug-likeness (QED) is 0.604. The van der Waals surface area contributed by atoms with Crippen molar-refractivity contribution in [1.29, 1.82) is 0 Å². The van der Waals surface area contributed by atoms with Gasteiger partial charge in [-0.05, 0) is 50.2 Å². The van der Waals surface area contributed by atoms with E-state index in [1.165, 1.54) is 12.8 Å². The molecule has 0 radical (unpaired) electrons. The van der Waals surface area contributed by atoms with Crippen LogP contribution in [0.1, 0.15) is 24.8 Å². The molecular weight excluding hydrogens is 384 g/mol. The Kier molecular flexibility index (Phi) is 5.71. The Morgan fingerprint density at radius 3 is 2.79 bits per heavy atom. The smallest absolute Gasteiger partial charge is 0.227 e. The lowest BCUT2D eigenvalue weighted by Crippen LogP contribution is -2.18. The molecule has 3 aromatic rings. The first-order valence-corrected chi connectivity index (χ1v) is 10.2. The summed E-state index contributed by atoms with van der Waals surface area (Å²) in [6.45, 7) is 4.62. The minimum atomic E-state index is -0.107. The van der Waals surface area contributed by atoms with Crippen LogP contribution in [0.4, 0.5) is 11.5 Å². The second kappa shape index (κ2) is 8.57. The van der Waals surface area contributed by atoms with Crippen molar-refractivity contribution in [2.45, 2.75) is 32.7 Å². The van der Waals surface area contributed by atoms with E-state index < -0.39 is 0 Å². The second-order valence-corrected chi connectivity index (χ2v) is 7.65. The number of aromatic amines is 1. The zero-order valence-corrected chi connectivity index (χ0v) is 17.2. The van der Waals surface area contributed by atoms with Crippen LogP contribution in [0.2, 0.25) is 0 Å².